The van der Waals surface area contributed by atoms with Gasteiger partial charge in [0.05, 0.1) is 17.2 Å². The summed E-state index contributed by atoms with van der Waals surface area (Å²) in [5.74, 6) is 1.02. The van der Waals surface area contributed by atoms with Crippen LogP contribution in [0.5, 0.6) is 0 Å². The average molecular weight is 342 g/mol. The summed E-state index contributed by atoms with van der Waals surface area (Å²) in [4.78, 5) is 4.41. The van der Waals surface area contributed by atoms with Crippen molar-refractivity contribution in [3.8, 4) is 17.5 Å². The van der Waals surface area contributed by atoms with Gasteiger partial charge in [-0.2, -0.15) is 23.5 Å². The summed E-state index contributed by atoms with van der Waals surface area (Å²) in [5, 5.41) is 13.1. The van der Waals surface area contributed by atoms with E-state index in [9.17, 15) is 13.2 Å². The van der Waals surface area contributed by atoms with Crippen LogP contribution in [-0.4, -0.2) is 14.8 Å². The Kier molecular flexibility index (Phi) is 4.28. The maximum atomic E-state index is 12.8. The summed E-state index contributed by atoms with van der Waals surface area (Å²) < 4.78 is 40.0. The van der Waals surface area contributed by atoms with Crippen molar-refractivity contribution >= 4 is 0 Å². The van der Waals surface area contributed by atoms with Gasteiger partial charge in [-0.25, -0.2) is 9.67 Å². The van der Waals surface area contributed by atoms with Crippen LogP contribution in [0.3, 0.4) is 0 Å². The molecule has 0 unspecified atom stereocenters. The molecule has 3 rings (SSSR count). The summed E-state index contributed by atoms with van der Waals surface area (Å²) in [6, 6.07) is 14.1. The molecule has 0 N–H and O–H groups in total. The van der Waals surface area contributed by atoms with Gasteiger partial charge in [-0.05, 0) is 35.9 Å². The van der Waals surface area contributed by atoms with Crippen LogP contribution in [0.4, 0.5) is 13.2 Å². The van der Waals surface area contributed by atoms with Crippen LogP contribution in [0.2, 0.25) is 0 Å². The van der Waals surface area contributed by atoms with Gasteiger partial charge in [0.25, 0.3) is 0 Å². The zero-order chi connectivity index (χ0) is 18.0. The minimum atomic E-state index is -4.37. The van der Waals surface area contributed by atoms with E-state index in [2.05, 4.69) is 10.1 Å². The Hall–Kier alpha value is -3.14. The number of hydrogen-bond acceptors (Lipinski definition) is 3. The first-order chi connectivity index (χ1) is 11.9. The van der Waals surface area contributed by atoms with E-state index in [1.54, 1.807) is 42.1 Å². The second-order valence-electron chi connectivity index (χ2n) is 5.54. The highest BCUT2D eigenvalue weighted by atomic mass is 19.4. The summed E-state index contributed by atoms with van der Waals surface area (Å²) in [7, 11) is 1.72. The maximum Gasteiger partial charge on any atom is 0.416 e. The molecule has 0 aliphatic carbocycles. The van der Waals surface area contributed by atoms with E-state index in [0.29, 0.717) is 22.8 Å². The van der Waals surface area contributed by atoms with E-state index in [1.165, 1.54) is 6.07 Å². The molecule has 126 valence electrons. The number of rotatable bonds is 3. The summed E-state index contributed by atoms with van der Waals surface area (Å²) in [6.45, 7) is 0. The number of nitrogens with zero attached hydrogens (tertiary/aromatic N) is 4. The fourth-order valence-corrected chi connectivity index (χ4v) is 2.50. The molecule has 7 heteroatoms. The first-order valence-corrected chi connectivity index (χ1v) is 7.43. The maximum absolute atomic E-state index is 12.8. The van der Waals surface area contributed by atoms with Gasteiger partial charge >= 0.3 is 6.18 Å². The molecule has 0 fully saturated rings. The standard InChI is InChI=1S/C18H13F3N4/c1-25-17(14-7-5-12(11-22)6-8-14)23-16(24-25)10-13-3-2-4-15(9-13)18(19,20)21/h2-9H,10H2,1H3. The smallest absolute Gasteiger partial charge is 0.249 e. The molecule has 0 saturated heterocycles. The number of alkyl halides is 3. The van der Waals surface area contributed by atoms with Crippen LogP contribution in [-0.2, 0) is 19.6 Å². The number of halogens is 3. The minimum Gasteiger partial charge on any atom is -0.249 e. The van der Waals surface area contributed by atoms with Crippen molar-refractivity contribution in [1.29, 1.82) is 5.26 Å². The lowest BCUT2D eigenvalue weighted by atomic mass is 10.1. The van der Waals surface area contributed by atoms with Crippen LogP contribution in [0.15, 0.2) is 48.5 Å². The topological polar surface area (TPSA) is 54.5 Å². The number of hydrogen-bond donors (Lipinski definition) is 0. The molecule has 0 atom stereocenters. The second kappa shape index (κ2) is 6.40. The molecule has 2 aromatic carbocycles. The van der Waals surface area contributed by atoms with Crippen molar-refractivity contribution in [2.75, 3.05) is 0 Å². The first-order valence-electron chi connectivity index (χ1n) is 7.43. The average Bonchev–Trinajstić information content (AvgIpc) is 2.95. The van der Waals surface area contributed by atoms with Crippen LogP contribution >= 0.6 is 0 Å². The van der Waals surface area contributed by atoms with Gasteiger partial charge in [0, 0.05) is 19.0 Å². The molecule has 25 heavy (non-hydrogen) atoms. The van der Waals surface area contributed by atoms with Gasteiger partial charge in [0.2, 0.25) is 0 Å². The molecule has 1 aromatic heterocycles. The lowest BCUT2D eigenvalue weighted by Gasteiger charge is -2.07. The normalized spacial score (nSPS) is 11.3. The molecular weight excluding hydrogens is 329 g/mol. The number of aryl methyl sites for hydroxylation is 1. The number of nitriles is 1. The third-order valence-corrected chi connectivity index (χ3v) is 3.70. The van der Waals surface area contributed by atoms with E-state index < -0.39 is 11.7 Å². The Bertz CT molecular complexity index is 934. The molecule has 4 nitrogen and oxygen atoms in total. The van der Waals surface area contributed by atoms with Crippen LogP contribution in [0.25, 0.3) is 11.4 Å². The van der Waals surface area contributed by atoms with Gasteiger partial charge < -0.3 is 0 Å². The number of aromatic nitrogens is 3. The molecule has 1 heterocycles. The highest BCUT2D eigenvalue weighted by Gasteiger charge is 2.30. The Morgan fingerprint density at radius 2 is 1.84 bits per heavy atom. The van der Waals surface area contributed by atoms with Gasteiger partial charge in [0.15, 0.2) is 11.6 Å². The lowest BCUT2D eigenvalue weighted by Crippen LogP contribution is -2.05. The molecule has 0 amide bonds. The fourth-order valence-electron chi connectivity index (χ4n) is 2.50. The van der Waals surface area contributed by atoms with Gasteiger partial charge in [-0.1, -0.05) is 18.2 Å². The predicted octanol–water partition coefficient (Wildman–Crippen LogP) is 3.96. The highest BCUT2D eigenvalue weighted by molar-refractivity contribution is 5.56. The SMILES string of the molecule is Cn1nc(Cc2cccc(C(F)(F)F)c2)nc1-c1ccc(C#N)cc1. The fraction of sp³-hybridized carbons (Fsp3) is 0.167. The minimum absolute atomic E-state index is 0.202. The van der Waals surface area contributed by atoms with Crippen molar-refractivity contribution in [2.45, 2.75) is 12.6 Å². The lowest BCUT2D eigenvalue weighted by molar-refractivity contribution is -0.137. The van der Waals surface area contributed by atoms with Crippen LogP contribution in [0.1, 0.15) is 22.5 Å². The summed E-state index contributed by atoms with van der Waals surface area (Å²) in [5.41, 5.74) is 1.12. The quantitative estimate of drug-likeness (QED) is 0.724. The van der Waals surface area contributed by atoms with E-state index in [-0.39, 0.29) is 6.42 Å². The molecule has 0 radical (unpaired) electrons. The van der Waals surface area contributed by atoms with Crippen molar-refractivity contribution < 1.29 is 13.2 Å². The molecule has 0 aliphatic heterocycles. The number of benzene rings is 2. The second-order valence-corrected chi connectivity index (χ2v) is 5.54. The largest absolute Gasteiger partial charge is 0.416 e. The van der Waals surface area contributed by atoms with Crippen molar-refractivity contribution in [3.05, 3.63) is 71.0 Å². The van der Waals surface area contributed by atoms with Crippen LogP contribution in [0, 0.1) is 11.3 Å². The Balaban J connectivity index is 1.87. The zero-order valence-electron chi connectivity index (χ0n) is 13.2. The molecular formula is C18H13F3N4. The van der Waals surface area contributed by atoms with E-state index in [4.69, 9.17) is 5.26 Å². The van der Waals surface area contributed by atoms with Crippen molar-refractivity contribution in [3.63, 3.8) is 0 Å². The van der Waals surface area contributed by atoms with E-state index >= 15 is 0 Å². The third kappa shape index (κ3) is 3.69. The molecule has 3 aromatic rings. The Morgan fingerprint density at radius 3 is 2.48 bits per heavy atom. The highest BCUT2D eigenvalue weighted by Crippen LogP contribution is 2.30. The van der Waals surface area contributed by atoms with Crippen molar-refractivity contribution in [2.24, 2.45) is 7.05 Å². The van der Waals surface area contributed by atoms with Gasteiger partial charge in [-0.3, -0.25) is 0 Å². The van der Waals surface area contributed by atoms with Gasteiger partial charge in [0.1, 0.15) is 0 Å². The van der Waals surface area contributed by atoms with E-state index in [0.717, 1.165) is 17.7 Å². The van der Waals surface area contributed by atoms with Crippen LogP contribution < -0.4 is 0 Å². The first kappa shape index (κ1) is 16.7. The monoisotopic (exact) mass is 342 g/mol. The van der Waals surface area contributed by atoms with Gasteiger partial charge in [-0.15, -0.1) is 0 Å². The third-order valence-electron chi connectivity index (χ3n) is 3.70. The molecule has 0 aliphatic rings. The molecule has 0 bridgehead atoms. The summed E-state index contributed by atoms with van der Waals surface area (Å²) >= 11 is 0. The predicted molar refractivity (Wildman–Crippen MR) is 85.4 cm³/mol. The molecule has 0 spiro atoms. The Morgan fingerprint density at radius 1 is 1.12 bits per heavy atom. The zero-order valence-corrected chi connectivity index (χ0v) is 13.2. The van der Waals surface area contributed by atoms with Crippen molar-refractivity contribution in [1.82, 2.24) is 14.8 Å². The Labute approximate surface area is 142 Å². The van der Waals surface area contributed by atoms with E-state index in [1.807, 2.05) is 6.07 Å². The molecule has 0 saturated carbocycles. The summed E-state index contributed by atoms with van der Waals surface area (Å²) in [6.07, 6.45) is -4.17.